The molecule has 0 radical (unpaired) electrons. The number of halogens is 1. The Labute approximate surface area is 137 Å². The first-order valence-corrected chi connectivity index (χ1v) is 9.02. The molecule has 1 rings (SSSR count). The second kappa shape index (κ2) is 10.8. The van der Waals surface area contributed by atoms with Crippen molar-refractivity contribution in [2.75, 3.05) is 5.73 Å². The van der Waals surface area contributed by atoms with Crippen LogP contribution in [-0.2, 0) is 0 Å². The second-order valence-electron chi connectivity index (χ2n) is 5.74. The highest BCUT2D eigenvalue weighted by molar-refractivity contribution is 9.10. The smallest absolute Gasteiger partial charge is 0.162 e. The molecule has 118 valence electrons. The van der Waals surface area contributed by atoms with Crippen molar-refractivity contribution in [3.05, 3.63) is 28.2 Å². The van der Waals surface area contributed by atoms with Gasteiger partial charge in [0.1, 0.15) is 0 Å². The van der Waals surface area contributed by atoms with Crippen LogP contribution in [0.3, 0.4) is 0 Å². The number of nitrogens with two attached hydrogens (primary N) is 1. The van der Waals surface area contributed by atoms with Crippen molar-refractivity contribution in [3.63, 3.8) is 0 Å². The van der Waals surface area contributed by atoms with E-state index in [0.29, 0.717) is 12.1 Å². The Bertz CT molecular complexity index is 431. The molecule has 3 heteroatoms. The van der Waals surface area contributed by atoms with E-state index in [9.17, 15) is 4.79 Å². The maximum absolute atomic E-state index is 12.1. The molecule has 1 aromatic rings. The number of hydrogen-bond donors (Lipinski definition) is 1. The van der Waals surface area contributed by atoms with Gasteiger partial charge in [0, 0.05) is 22.1 Å². The van der Waals surface area contributed by atoms with Gasteiger partial charge in [0.05, 0.1) is 0 Å². The average Bonchev–Trinajstić information content (AvgIpc) is 2.48. The molecule has 21 heavy (non-hydrogen) atoms. The zero-order chi connectivity index (χ0) is 15.5. The number of carbonyl (C=O) groups is 1. The Morgan fingerprint density at radius 1 is 1.00 bits per heavy atom. The molecule has 0 atom stereocenters. The molecule has 0 heterocycles. The molecule has 2 nitrogen and oxygen atoms in total. The van der Waals surface area contributed by atoms with E-state index in [-0.39, 0.29) is 5.78 Å². The van der Waals surface area contributed by atoms with Crippen LogP contribution in [0, 0.1) is 0 Å². The topological polar surface area (TPSA) is 43.1 Å². The number of ketones is 1. The molecule has 0 aliphatic rings. The number of unbranched alkanes of at least 4 members (excludes halogenated alkanes) is 8. The molecule has 2 N–H and O–H groups in total. The number of benzene rings is 1. The highest BCUT2D eigenvalue weighted by Gasteiger charge is 2.07. The van der Waals surface area contributed by atoms with Gasteiger partial charge < -0.3 is 5.73 Å². The molecule has 0 amide bonds. The van der Waals surface area contributed by atoms with Crippen LogP contribution in [0.2, 0.25) is 0 Å². The number of anilines is 1. The molecule has 0 unspecified atom stereocenters. The van der Waals surface area contributed by atoms with Gasteiger partial charge >= 0.3 is 0 Å². The summed E-state index contributed by atoms with van der Waals surface area (Å²) >= 11 is 3.37. The standard InChI is InChI=1S/C18H28BrNO/c1-2-3-4-5-6-7-8-9-10-11-18(21)15-12-13-17(20)16(19)14-15/h12-14H,2-11,20H2,1H3. The fourth-order valence-corrected chi connectivity index (χ4v) is 2.82. The van der Waals surface area contributed by atoms with Crippen molar-refractivity contribution in [1.29, 1.82) is 0 Å². The summed E-state index contributed by atoms with van der Waals surface area (Å²) in [6, 6.07) is 5.43. The van der Waals surface area contributed by atoms with Crippen LogP contribution in [0.15, 0.2) is 22.7 Å². The van der Waals surface area contributed by atoms with Gasteiger partial charge in [-0.25, -0.2) is 0 Å². The lowest BCUT2D eigenvalue weighted by molar-refractivity contribution is 0.0979. The Hall–Kier alpha value is -0.830. The van der Waals surface area contributed by atoms with Crippen molar-refractivity contribution in [1.82, 2.24) is 0 Å². The van der Waals surface area contributed by atoms with Crippen LogP contribution in [-0.4, -0.2) is 5.78 Å². The first-order chi connectivity index (χ1) is 10.1. The molecule has 0 fully saturated rings. The molecule has 0 saturated heterocycles. The van der Waals surface area contributed by atoms with E-state index in [1.54, 1.807) is 6.07 Å². The number of Topliss-reactive ketones (excluding diaryl/α,β-unsaturated/α-hetero) is 1. The zero-order valence-corrected chi connectivity index (χ0v) is 14.8. The summed E-state index contributed by atoms with van der Waals surface area (Å²) in [5, 5.41) is 0. The molecular weight excluding hydrogens is 326 g/mol. The lowest BCUT2D eigenvalue weighted by Gasteiger charge is -2.04. The summed E-state index contributed by atoms with van der Waals surface area (Å²) in [7, 11) is 0. The van der Waals surface area contributed by atoms with Crippen molar-refractivity contribution >= 4 is 27.4 Å². The van der Waals surface area contributed by atoms with Crippen molar-refractivity contribution in [2.24, 2.45) is 0 Å². The third-order valence-electron chi connectivity index (χ3n) is 3.83. The Morgan fingerprint density at radius 2 is 1.57 bits per heavy atom. The van der Waals surface area contributed by atoms with E-state index in [0.717, 1.165) is 22.9 Å². The third-order valence-corrected chi connectivity index (χ3v) is 4.52. The SMILES string of the molecule is CCCCCCCCCCCC(=O)c1ccc(N)c(Br)c1. The van der Waals surface area contributed by atoms with Crippen LogP contribution >= 0.6 is 15.9 Å². The summed E-state index contributed by atoms with van der Waals surface area (Å²) < 4.78 is 0.806. The maximum atomic E-state index is 12.1. The second-order valence-corrected chi connectivity index (χ2v) is 6.59. The number of hydrogen-bond acceptors (Lipinski definition) is 2. The maximum Gasteiger partial charge on any atom is 0.162 e. The van der Waals surface area contributed by atoms with Crippen molar-refractivity contribution in [3.8, 4) is 0 Å². The molecule has 1 aromatic carbocycles. The van der Waals surface area contributed by atoms with E-state index in [1.165, 1.54) is 44.9 Å². The molecule has 0 aromatic heterocycles. The Balaban J connectivity index is 2.09. The van der Waals surface area contributed by atoms with Gasteiger partial charge in [-0.3, -0.25) is 4.79 Å². The Kier molecular flexibility index (Phi) is 9.40. The summed E-state index contributed by atoms with van der Waals surface area (Å²) in [5.74, 6) is 0.221. The van der Waals surface area contributed by atoms with Gasteiger partial charge in [-0.2, -0.15) is 0 Å². The molecule has 0 saturated carbocycles. The van der Waals surface area contributed by atoms with E-state index in [2.05, 4.69) is 22.9 Å². The average molecular weight is 354 g/mol. The minimum Gasteiger partial charge on any atom is -0.398 e. The third kappa shape index (κ3) is 7.66. The minimum atomic E-state index is 0.221. The molecule has 0 bridgehead atoms. The van der Waals surface area contributed by atoms with E-state index < -0.39 is 0 Å². The fraction of sp³-hybridized carbons (Fsp3) is 0.611. The molecule has 0 spiro atoms. The summed E-state index contributed by atoms with van der Waals surface area (Å²) in [5.41, 5.74) is 7.16. The predicted molar refractivity (Wildman–Crippen MR) is 94.7 cm³/mol. The molecule has 0 aliphatic heterocycles. The lowest BCUT2D eigenvalue weighted by Crippen LogP contribution is -2.00. The van der Waals surface area contributed by atoms with Crippen LogP contribution in [0.4, 0.5) is 5.69 Å². The van der Waals surface area contributed by atoms with Gasteiger partial charge in [-0.05, 0) is 40.5 Å². The van der Waals surface area contributed by atoms with Crippen LogP contribution < -0.4 is 5.73 Å². The Morgan fingerprint density at radius 3 is 2.14 bits per heavy atom. The minimum absolute atomic E-state index is 0.221. The highest BCUT2D eigenvalue weighted by Crippen LogP contribution is 2.21. The fourth-order valence-electron chi connectivity index (χ4n) is 2.44. The van der Waals surface area contributed by atoms with E-state index in [1.807, 2.05) is 12.1 Å². The van der Waals surface area contributed by atoms with Gasteiger partial charge in [-0.15, -0.1) is 0 Å². The predicted octanol–water partition coefficient (Wildman–Crippen LogP) is 6.13. The lowest BCUT2D eigenvalue weighted by atomic mass is 10.0. The van der Waals surface area contributed by atoms with Gasteiger partial charge in [0.15, 0.2) is 5.78 Å². The van der Waals surface area contributed by atoms with Crippen LogP contribution in [0.1, 0.15) is 81.5 Å². The highest BCUT2D eigenvalue weighted by atomic mass is 79.9. The summed E-state index contributed by atoms with van der Waals surface area (Å²) in [6.45, 7) is 2.25. The summed E-state index contributed by atoms with van der Waals surface area (Å²) in [4.78, 5) is 12.1. The number of rotatable bonds is 11. The van der Waals surface area contributed by atoms with Gasteiger partial charge in [-0.1, -0.05) is 58.3 Å². The number of carbonyl (C=O) groups excluding carboxylic acids is 1. The molecule has 0 aliphatic carbocycles. The zero-order valence-electron chi connectivity index (χ0n) is 13.2. The first-order valence-electron chi connectivity index (χ1n) is 8.23. The summed E-state index contributed by atoms with van der Waals surface area (Å²) in [6.07, 6.45) is 12.1. The number of nitrogen functional groups attached to an aromatic ring is 1. The van der Waals surface area contributed by atoms with Gasteiger partial charge in [0.2, 0.25) is 0 Å². The first kappa shape index (κ1) is 18.2. The quantitative estimate of drug-likeness (QED) is 0.295. The van der Waals surface area contributed by atoms with Crippen molar-refractivity contribution < 1.29 is 4.79 Å². The van der Waals surface area contributed by atoms with E-state index in [4.69, 9.17) is 5.73 Å². The van der Waals surface area contributed by atoms with Crippen LogP contribution in [0.5, 0.6) is 0 Å². The molecular formula is C18H28BrNO. The van der Waals surface area contributed by atoms with E-state index >= 15 is 0 Å². The largest absolute Gasteiger partial charge is 0.398 e. The monoisotopic (exact) mass is 353 g/mol. The normalized spacial score (nSPS) is 10.8. The van der Waals surface area contributed by atoms with Crippen LogP contribution in [0.25, 0.3) is 0 Å². The van der Waals surface area contributed by atoms with Gasteiger partial charge in [0.25, 0.3) is 0 Å². The van der Waals surface area contributed by atoms with Crippen molar-refractivity contribution in [2.45, 2.75) is 71.1 Å².